The Hall–Kier alpha value is -2.82. The third-order valence-corrected chi connectivity index (χ3v) is 3.74. The van der Waals surface area contributed by atoms with Crippen LogP contribution in [0.15, 0.2) is 42.5 Å². The fourth-order valence-corrected chi connectivity index (χ4v) is 2.61. The fraction of sp³-hybridized carbons (Fsp3) is 0.300. The molecule has 5 heteroatoms. The number of benzene rings is 2. The first kappa shape index (κ1) is 17.0. The van der Waals surface area contributed by atoms with E-state index in [1.165, 1.54) is 0 Å². The molecule has 5 nitrogen and oxygen atoms in total. The Kier molecular flexibility index (Phi) is 4.49. The molecule has 3 rings (SSSR count). The van der Waals surface area contributed by atoms with E-state index in [2.05, 4.69) is 5.32 Å². The van der Waals surface area contributed by atoms with Crippen molar-refractivity contribution in [3.63, 3.8) is 0 Å². The Bertz CT molecular complexity index is 803. The molecule has 0 radical (unpaired) electrons. The van der Waals surface area contributed by atoms with Gasteiger partial charge in [0, 0.05) is 12.1 Å². The van der Waals surface area contributed by atoms with Crippen LogP contribution in [0.1, 0.15) is 31.9 Å². The molecule has 0 fully saturated rings. The summed E-state index contributed by atoms with van der Waals surface area (Å²) in [6.07, 6.45) is -0.110. The number of carbonyl (C=O) groups is 2. The highest BCUT2D eigenvalue weighted by molar-refractivity contribution is 5.82. The van der Waals surface area contributed by atoms with Crippen molar-refractivity contribution in [2.45, 2.75) is 39.3 Å². The zero-order valence-electron chi connectivity index (χ0n) is 14.6. The molecule has 0 spiro atoms. The number of nitrogens with one attached hydrogen (secondary N) is 1. The molecule has 0 bridgehead atoms. The van der Waals surface area contributed by atoms with Crippen molar-refractivity contribution < 1.29 is 19.1 Å². The summed E-state index contributed by atoms with van der Waals surface area (Å²) >= 11 is 0. The van der Waals surface area contributed by atoms with Gasteiger partial charge in [-0.25, -0.2) is 4.79 Å². The van der Waals surface area contributed by atoms with Crippen LogP contribution in [0.2, 0.25) is 0 Å². The summed E-state index contributed by atoms with van der Waals surface area (Å²) in [5.41, 5.74) is 3.46. The summed E-state index contributed by atoms with van der Waals surface area (Å²) in [6.45, 7) is 5.89. The van der Waals surface area contributed by atoms with Gasteiger partial charge in [0.15, 0.2) is 0 Å². The summed E-state index contributed by atoms with van der Waals surface area (Å²) < 4.78 is 10.3. The van der Waals surface area contributed by atoms with Gasteiger partial charge >= 0.3 is 12.1 Å². The predicted octanol–water partition coefficient (Wildman–Crippen LogP) is 3.84. The number of hydrogen-bond acceptors (Lipinski definition) is 4. The lowest BCUT2D eigenvalue weighted by Gasteiger charge is -2.19. The first-order chi connectivity index (χ1) is 11.8. The number of amides is 1. The summed E-state index contributed by atoms with van der Waals surface area (Å²) in [6, 6.07) is 13.6. The molecule has 0 aliphatic carbocycles. The van der Waals surface area contributed by atoms with E-state index in [-0.39, 0.29) is 5.97 Å². The van der Waals surface area contributed by atoms with Crippen molar-refractivity contribution >= 4 is 12.1 Å². The Balaban J connectivity index is 1.64. The predicted molar refractivity (Wildman–Crippen MR) is 94.3 cm³/mol. The number of hydrogen-bond donors (Lipinski definition) is 1. The lowest BCUT2D eigenvalue weighted by molar-refractivity contribution is -0.131. The average molecular weight is 339 g/mol. The van der Waals surface area contributed by atoms with E-state index < -0.39 is 11.7 Å². The maximum absolute atomic E-state index is 11.7. The van der Waals surface area contributed by atoms with Gasteiger partial charge < -0.3 is 14.8 Å². The molecule has 0 saturated heterocycles. The molecule has 1 heterocycles. The van der Waals surface area contributed by atoms with E-state index in [0.29, 0.717) is 18.7 Å². The molecule has 2 aromatic rings. The number of fused-ring (bicyclic) bond motifs is 1. The van der Waals surface area contributed by atoms with Gasteiger partial charge in [0.1, 0.15) is 11.4 Å². The maximum atomic E-state index is 11.7. The fourth-order valence-electron chi connectivity index (χ4n) is 2.61. The molecule has 0 atom stereocenters. The zero-order chi connectivity index (χ0) is 18.0. The first-order valence-electron chi connectivity index (χ1n) is 8.20. The van der Waals surface area contributed by atoms with E-state index in [4.69, 9.17) is 9.47 Å². The van der Waals surface area contributed by atoms with E-state index in [1.807, 2.05) is 63.2 Å². The monoisotopic (exact) mass is 339 g/mol. The SMILES string of the molecule is CC(C)(C)OC(=O)NCc1ccc(-c2ccc3c(c2)CC(=O)O3)cc1. The standard InChI is InChI=1S/C20H21NO4/c1-20(2,3)25-19(23)21-12-13-4-6-14(7-5-13)15-8-9-17-16(10-15)11-18(22)24-17/h4-10H,11-12H2,1-3H3,(H,21,23). The van der Waals surface area contributed by atoms with Crippen LogP contribution in [0.5, 0.6) is 5.75 Å². The summed E-state index contributed by atoms with van der Waals surface area (Å²) in [7, 11) is 0. The highest BCUT2D eigenvalue weighted by Crippen LogP contribution is 2.31. The van der Waals surface area contributed by atoms with Crippen LogP contribution in [-0.2, 0) is 22.5 Å². The van der Waals surface area contributed by atoms with E-state index in [9.17, 15) is 9.59 Å². The summed E-state index contributed by atoms with van der Waals surface area (Å²) in [5.74, 6) is 0.433. The smallest absolute Gasteiger partial charge is 0.407 e. The summed E-state index contributed by atoms with van der Waals surface area (Å²) in [4.78, 5) is 23.0. The van der Waals surface area contributed by atoms with Crippen LogP contribution in [0.3, 0.4) is 0 Å². The van der Waals surface area contributed by atoms with E-state index >= 15 is 0 Å². The van der Waals surface area contributed by atoms with Gasteiger partial charge in [-0.1, -0.05) is 30.3 Å². The van der Waals surface area contributed by atoms with Gasteiger partial charge in [-0.2, -0.15) is 0 Å². The van der Waals surface area contributed by atoms with Gasteiger partial charge in [0.25, 0.3) is 0 Å². The lowest BCUT2D eigenvalue weighted by atomic mass is 10.0. The van der Waals surface area contributed by atoms with Crippen LogP contribution >= 0.6 is 0 Å². The van der Waals surface area contributed by atoms with E-state index in [1.54, 1.807) is 0 Å². The number of rotatable bonds is 3. The zero-order valence-corrected chi connectivity index (χ0v) is 14.6. The molecular weight excluding hydrogens is 318 g/mol. The Labute approximate surface area is 147 Å². The Morgan fingerprint density at radius 3 is 2.48 bits per heavy atom. The van der Waals surface area contributed by atoms with Crippen LogP contribution in [0, 0.1) is 0 Å². The van der Waals surface area contributed by atoms with Crippen molar-refractivity contribution in [2.75, 3.05) is 0 Å². The molecule has 2 aromatic carbocycles. The van der Waals surface area contributed by atoms with Crippen LogP contribution in [0.25, 0.3) is 11.1 Å². The molecule has 25 heavy (non-hydrogen) atoms. The van der Waals surface area contributed by atoms with Crippen molar-refractivity contribution in [1.29, 1.82) is 0 Å². The summed E-state index contributed by atoms with van der Waals surface area (Å²) in [5, 5.41) is 2.74. The minimum Gasteiger partial charge on any atom is -0.444 e. The Morgan fingerprint density at radius 2 is 1.80 bits per heavy atom. The highest BCUT2D eigenvalue weighted by Gasteiger charge is 2.20. The van der Waals surface area contributed by atoms with Crippen molar-refractivity contribution in [3.05, 3.63) is 53.6 Å². The molecule has 0 unspecified atom stereocenters. The quantitative estimate of drug-likeness (QED) is 0.682. The van der Waals surface area contributed by atoms with Gasteiger partial charge in [-0.15, -0.1) is 0 Å². The second-order valence-electron chi connectivity index (χ2n) is 7.03. The second-order valence-corrected chi connectivity index (χ2v) is 7.03. The Morgan fingerprint density at radius 1 is 1.12 bits per heavy atom. The van der Waals surface area contributed by atoms with Gasteiger partial charge in [-0.3, -0.25) is 4.79 Å². The average Bonchev–Trinajstić information content (AvgIpc) is 2.91. The van der Waals surface area contributed by atoms with Crippen molar-refractivity contribution in [2.24, 2.45) is 0 Å². The topological polar surface area (TPSA) is 64.6 Å². The van der Waals surface area contributed by atoms with Crippen LogP contribution in [0.4, 0.5) is 4.79 Å². The van der Waals surface area contributed by atoms with Crippen molar-refractivity contribution in [1.82, 2.24) is 5.32 Å². The van der Waals surface area contributed by atoms with Gasteiger partial charge in [-0.05, 0) is 49.6 Å². The first-order valence-corrected chi connectivity index (χ1v) is 8.20. The van der Waals surface area contributed by atoms with E-state index in [0.717, 1.165) is 22.3 Å². The van der Waals surface area contributed by atoms with Crippen LogP contribution in [-0.4, -0.2) is 17.7 Å². The minimum atomic E-state index is -0.507. The molecule has 1 aliphatic rings. The second kappa shape index (κ2) is 6.59. The largest absolute Gasteiger partial charge is 0.444 e. The highest BCUT2D eigenvalue weighted by atomic mass is 16.6. The third-order valence-electron chi connectivity index (χ3n) is 3.74. The lowest BCUT2D eigenvalue weighted by Crippen LogP contribution is -2.32. The number of esters is 1. The third kappa shape index (κ3) is 4.38. The number of ether oxygens (including phenoxy) is 2. The molecule has 130 valence electrons. The molecule has 1 amide bonds. The maximum Gasteiger partial charge on any atom is 0.407 e. The van der Waals surface area contributed by atoms with Crippen LogP contribution < -0.4 is 10.1 Å². The van der Waals surface area contributed by atoms with Gasteiger partial charge in [0.05, 0.1) is 6.42 Å². The van der Waals surface area contributed by atoms with Crippen molar-refractivity contribution in [3.8, 4) is 16.9 Å². The molecule has 0 aromatic heterocycles. The number of carbonyl (C=O) groups excluding carboxylic acids is 2. The minimum absolute atomic E-state index is 0.212. The molecule has 1 N–H and O–H groups in total. The normalized spacial score (nSPS) is 13.2. The molecular formula is C20H21NO4. The molecule has 0 saturated carbocycles. The number of alkyl carbamates (subject to hydrolysis) is 1. The van der Waals surface area contributed by atoms with Gasteiger partial charge in [0.2, 0.25) is 0 Å². The molecule has 1 aliphatic heterocycles.